The Morgan fingerprint density at radius 1 is 1.62 bits per heavy atom. The molecule has 0 radical (unpaired) electrons. The van der Waals surface area contributed by atoms with E-state index in [4.69, 9.17) is 10.8 Å². The molecule has 16 heavy (non-hydrogen) atoms. The maximum absolute atomic E-state index is 9.68. The molecule has 1 aromatic heterocycles. The Morgan fingerprint density at radius 2 is 2.38 bits per heavy atom. The third-order valence-corrected chi connectivity index (χ3v) is 1.94. The molecular weight excluding hydrogens is 210 g/mol. The summed E-state index contributed by atoms with van der Waals surface area (Å²) in [6.07, 6.45) is -1.22. The van der Waals surface area contributed by atoms with Gasteiger partial charge in [-0.2, -0.15) is 5.26 Å². The SMILES string of the molecule is N#Cc1cccnc1C(O)C(O)CN=[N+]=[N-]. The van der Waals surface area contributed by atoms with Gasteiger partial charge in [0.1, 0.15) is 12.2 Å². The van der Waals surface area contributed by atoms with Crippen LogP contribution in [0.4, 0.5) is 0 Å². The van der Waals surface area contributed by atoms with E-state index in [0.717, 1.165) is 0 Å². The van der Waals surface area contributed by atoms with Crippen LogP contribution in [0.5, 0.6) is 0 Å². The summed E-state index contributed by atoms with van der Waals surface area (Å²) >= 11 is 0. The third kappa shape index (κ3) is 2.68. The highest BCUT2D eigenvalue weighted by atomic mass is 16.3. The van der Waals surface area contributed by atoms with Gasteiger partial charge in [0.05, 0.1) is 23.9 Å². The Labute approximate surface area is 91.2 Å². The third-order valence-electron chi connectivity index (χ3n) is 1.94. The van der Waals surface area contributed by atoms with Gasteiger partial charge in [0.2, 0.25) is 0 Å². The second kappa shape index (κ2) is 5.68. The number of nitriles is 1. The number of aromatic nitrogens is 1. The van der Waals surface area contributed by atoms with Gasteiger partial charge in [0, 0.05) is 11.1 Å². The lowest BCUT2D eigenvalue weighted by Crippen LogP contribution is -2.22. The lowest BCUT2D eigenvalue weighted by molar-refractivity contribution is 0.0216. The van der Waals surface area contributed by atoms with Crippen LogP contribution in [0.15, 0.2) is 23.4 Å². The maximum atomic E-state index is 9.68. The lowest BCUT2D eigenvalue weighted by atomic mass is 10.1. The largest absolute Gasteiger partial charge is 0.390 e. The lowest BCUT2D eigenvalue weighted by Gasteiger charge is -2.15. The highest BCUT2D eigenvalue weighted by molar-refractivity contribution is 5.34. The number of hydrogen-bond acceptors (Lipinski definition) is 5. The zero-order valence-corrected chi connectivity index (χ0v) is 8.22. The molecule has 1 heterocycles. The molecule has 2 atom stereocenters. The Hall–Kier alpha value is -2.13. The van der Waals surface area contributed by atoms with Crippen molar-refractivity contribution in [2.45, 2.75) is 12.2 Å². The van der Waals surface area contributed by atoms with Gasteiger partial charge in [-0.25, -0.2) is 0 Å². The molecule has 0 bridgehead atoms. The van der Waals surface area contributed by atoms with Crippen LogP contribution < -0.4 is 0 Å². The van der Waals surface area contributed by atoms with Crippen molar-refractivity contribution in [3.8, 4) is 6.07 Å². The molecular formula is C9H9N5O2. The van der Waals surface area contributed by atoms with E-state index in [-0.39, 0.29) is 17.8 Å². The van der Waals surface area contributed by atoms with Crippen molar-refractivity contribution in [3.05, 3.63) is 40.0 Å². The number of azide groups is 1. The van der Waals surface area contributed by atoms with Crippen LogP contribution in [0, 0.1) is 11.3 Å². The molecule has 0 aliphatic carbocycles. The summed E-state index contributed by atoms with van der Waals surface area (Å²) in [5.41, 5.74) is 8.32. The van der Waals surface area contributed by atoms with E-state index in [1.807, 2.05) is 6.07 Å². The Bertz CT molecular complexity index is 449. The van der Waals surface area contributed by atoms with E-state index in [9.17, 15) is 10.2 Å². The minimum atomic E-state index is -1.35. The molecule has 2 N–H and O–H groups in total. The quantitative estimate of drug-likeness (QED) is 0.438. The van der Waals surface area contributed by atoms with Crippen LogP contribution >= 0.6 is 0 Å². The number of nitrogens with zero attached hydrogens (tertiary/aromatic N) is 5. The summed E-state index contributed by atoms with van der Waals surface area (Å²) in [4.78, 5) is 6.27. The van der Waals surface area contributed by atoms with Gasteiger partial charge in [0.25, 0.3) is 0 Å². The molecule has 0 saturated carbocycles. The average Bonchev–Trinajstić information content (AvgIpc) is 2.34. The van der Waals surface area contributed by atoms with Gasteiger partial charge in [-0.05, 0) is 17.7 Å². The van der Waals surface area contributed by atoms with E-state index in [1.54, 1.807) is 6.07 Å². The van der Waals surface area contributed by atoms with Crippen molar-refractivity contribution in [2.75, 3.05) is 6.54 Å². The first-order valence-electron chi connectivity index (χ1n) is 4.42. The van der Waals surface area contributed by atoms with Crippen LogP contribution in [0.3, 0.4) is 0 Å². The van der Waals surface area contributed by atoms with Crippen LogP contribution in [-0.2, 0) is 0 Å². The van der Waals surface area contributed by atoms with E-state index >= 15 is 0 Å². The number of rotatable bonds is 4. The zero-order valence-electron chi connectivity index (χ0n) is 8.22. The number of aliphatic hydroxyl groups is 2. The fraction of sp³-hybridized carbons (Fsp3) is 0.333. The molecule has 0 amide bonds. The van der Waals surface area contributed by atoms with Gasteiger partial charge < -0.3 is 10.2 Å². The summed E-state index contributed by atoms with van der Waals surface area (Å²) in [5.74, 6) is 0. The number of pyridine rings is 1. The van der Waals surface area contributed by atoms with Gasteiger partial charge in [-0.1, -0.05) is 5.11 Å². The minimum absolute atomic E-state index is 0.0747. The summed E-state index contributed by atoms with van der Waals surface area (Å²) in [7, 11) is 0. The molecule has 1 rings (SSSR count). The molecule has 0 saturated heterocycles. The van der Waals surface area contributed by atoms with Crippen molar-refractivity contribution in [3.63, 3.8) is 0 Å². The van der Waals surface area contributed by atoms with Crippen LogP contribution in [-0.4, -0.2) is 27.8 Å². The van der Waals surface area contributed by atoms with Gasteiger partial charge >= 0.3 is 0 Å². The molecule has 0 spiro atoms. The first kappa shape index (κ1) is 11.9. The molecule has 0 aliphatic heterocycles. The summed E-state index contributed by atoms with van der Waals surface area (Å²) in [6.45, 7) is -0.279. The second-order valence-corrected chi connectivity index (χ2v) is 2.97. The molecule has 0 fully saturated rings. The van der Waals surface area contributed by atoms with E-state index in [0.29, 0.717) is 0 Å². The van der Waals surface area contributed by atoms with Crippen LogP contribution in [0.25, 0.3) is 10.4 Å². The first-order valence-corrected chi connectivity index (χ1v) is 4.42. The monoisotopic (exact) mass is 219 g/mol. The highest BCUT2D eigenvalue weighted by Gasteiger charge is 2.21. The Morgan fingerprint density at radius 3 is 3.00 bits per heavy atom. The average molecular weight is 219 g/mol. The fourth-order valence-corrected chi connectivity index (χ4v) is 1.15. The van der Waals surface area contributed by atoms with Crippen molar-refractivity contribution >= 4 is 0 Å². The van der Waals surface area contributed by atoms with Crippen molar-refractivity contribution in [1.29, 1.82) is 5.26 Å². The van der Waals surface area contributed by atoms with E-state index in [1.165, 1.54) is 12.3 Å². The smallest absolute Gasteiger partial charge is 0.123 e. The molecule has 0 aromatic carbocycles. The first-order chi connectivity index (χ1) is 7.70. The predicted molar refractivity (Wildman–Crippen MR) is 53.9 cm³/mol. The normalized spacial score (nSPS) is 13.3. The second-order valence-electron chi connectivity index (χ2n) is 2.97. The minimum Gasteiger partial charge on any atom is -0.390 e. The van der Waals surface area contributed by atoms with Crippen molar-refractivity contribution in [1.82, 2.24) is 4.98 Å². The fourth-order valence-electron chi connectivity index (χ4n) is 1.15. The van der Waals surface area contributed by atoms with Gasteiger partial charge in [-0.3, -0.25) is 4.98 Å². The number of hydrogen-bond donors (Lipinski definition) is 2. The van der Waals surface area contributed by atoms with Gasteiger partial charge in [0.15, 0.2) is 0 Å². The molecule has 1 aromatic rings. The van der Waals surface area contributed by atoms with Crippen molar-refractivity contribution in [2.24, 2.45) is 5.11 Å². The van der Waals surface area contributed by atoms with E-state index < -0.39 is 12.2 Å². The predicted octanol–water partition coefficient (Wildman–Crippen LogP) is 0.658. The summed E-state index contributed by atoms with van der Waals surface area (Å²) in [6, 6.07) is 4.88. The van der Waals surface area contributed by atoms with Crippen molar-refractivity contribution < 1.29 is 10.2 Å². The summed E-state index contributed by atoms with van der Waals surface area (Å²) in [5, 5.41) is 31.0. The van der Waals surface area contributed by atoms with Crippen LogP contribution in [0.2, 0.25) is 0 Å². The summed E-state index contributed by atoms with van der Waals surface area (Å²) < 4.78 is 0. The Kier molecular flexibility index (Phi) is 4.24. The highest BCUT2D eigenvalue weighted by Crippen LogP contribution is 2.18. The topological polar surface area (TPSA) is 126 Å². The Balaban J connectivity index is 2.91. The molecule has 7 nitrogen and oxygen atoms in total. The zero-order chi connectivity index (χ0) is 12.0. The van der Waals surface area contributed by atoms with Gasteiger partial charge in [-0.15, -0.1) is 0 Å². The van der Waals surface area contributed by atoms with Crippen LogP contribution in [0.1, 0.15) is 17.4 Å². The number of aliphatic hydroxyl groups excluding tert-OH is 2. The molecule has 7 heteroatoms. The van der Waals surface area contributed by atoms with E-state index in [2.05, 4.69) is 15.0 Å². The molecule has 2 unspecified atom stereocenters. The maximum Gasteiger partial charge on any atom is 0.123 e. The molecule has 82 valence electrons. The standard InChI is InChI=1S/C9H9N5O2/c10-4-6-2-1-3-12-8(6)9(16)7(15)5-13-14-11/h1-3,7,9,15-16H,5H2. The molecule has 0 aliphatic rings.